The summed E-state index contributed by atoms with van der Waals surface area (Å²) < 4.78 is 5.67. The summed E-state index contributed by atoms with van der Waals surface area (Å²) in [7, 11) is 1.74. The van der Waals surface area contributed by atoms with E-state index in [4.69, 9.17) is 4.74 Å². The zero-order valence-electron chi connectivity index (χ0n) is 17.0. The summed E-state index contributed by atoms with van der Waals surface area (Å²) in [5.74, 6) is 0.676. The van der Waals surface area contributed by atoms with Gasteiger partial charge in [0.1, 0.15) is 5.75 Å². The SMILES string of the molecule is CC(=O)N1CCN([C@@H]2CC[C@@H](N(C)C(=O)COc3ccccc3C)[C@H]2O)CC1. The van der Waals surface area contributed by atoms with E-state index in [1.165, 1.54) is 0 Å². The molecule has 1 aliphatic carbocycles. The molecule has 2 amide bonds. The summed E-state index contributed by atoms with van der Waals surface area (Å²) in [4.78, 5) is 29.8. The topological polar surface area (TPSA) is 73.3 Å². The lowest BCUT2D eigenvalue weighted by atomic mass is 10.1. The summed E-state index contributed by atoms with van der Waals surface area (Å²) in [6.45, 7) is 6.43. The zero-order chi connectivity index (χ0) is 20.3. The molecule has 0 aromatic heterocycles. The van der Waals surface area contributed by atoms with Gasteiger partial charge in [-0.1, -0.05) is 18.2 Å². The van der Waals surface area contributed by atoms with Gasteiger partial charge in [0, 0.05) is 46.2 Å². The molecule has 2 fully saturated rings. The van der Waals surface area contributed by atoms with Crippen molar-refractivity contribution in [2.75, 3.05) is 39.8 Å². The number of likely N-dealkylation sites (N-methyl/N-ethyl adjacent to an activating group) is 1. The number of nitrogens with zero attached hydrogens (tertiary/aromatic N) is 3. The van der Waals surface area contributed by atoms with Crippen molar-refractivity contribution in [1.82, 2.24) is 14.7 Å². The van der Waals surface area contributed by atoms with Gasteiger partial charge >= 0.3 is 0 Å². The molecule has 28 heavy (non-hydrogen) atoms. The molecule has 1 saturated heterocycles. The average Bonchev–Trinajstić information content (AvgIpc) is 3.08. The number of aryl methyl sites for hydroxylation is 1. The highest BCUT2D eigenvalue weighted by molar-refractivity contribution is 5.78. The number of amides is 2. The Bertz CT molecular complexity index is 703. The van der Waals surface area contributed by atoms with Crippen LogP contribution >= 0.6 is 0 Å². The largest absolute Gasteiger partial charge is 0.484 e. The first kappa shape index (κ1) is 20.6. The molecule has 1 saturated carbocycles. The fraction of sp³-hybridized carbons (Fsp3) is 0.619. The van der Waals surface area contributed by atoms with Crippen LogP contribution in [0.3, 0.4) is 0 Å². The summed E-state index contributed by atoms with van der Waals surface area (Å²) in [6.07, 6.45) is 1.03. The minimum Gasteiger partial charge on any atom is -0.484 e. The standard InChI is InChI=1S/C21H31N3O4/c1-15-6-4-5-7-19(15)28-14-20(26)22(3)17-8-9-18(21(17)27)24-12-10-23(11-13-24)16(2)25/h4-7,17-18,21,27H,8-14H2,1-3H3/t17-,18-,21-/m1/s1. The lowest BCUT2D eigenvalue weighted by Crippen LogP contribution is -2.55. The van der Waals surface area contributed by atoms with Crippen LogP contribution in [-0.4, -0.2) is 89.6 Å². The highest BCUT2D eigenvalue weighted by atomic mass is 16.5. The highest BCUT2D eigenvalue weighted by Gasteiger charge is 2.42. The lowest BCUT2D eigenvalue weighted by molar-refractivity contribution is -0.137. The number of rotatable bonds is 5. The molecule has 1 aromatic rings. The minimum atomic E-state index is -0.587. The van der Waals surface area contributed by atoms with Gasteiger partial charge in [0.25, 0.3) is 5.91 Å². The van der Waals surface area contributed by atoms with Crippen LogP contribution in [0.4, 0.5) is 0 Å². The van der Waals surface area contributed by atoms with E-state index in [1.807, 2.05) is 36.1 Å². The smallest absolute Gasteiger partial charge is 0.260 e. The van der Waals surface area contributed by atoms with Crippen LogP contribution in [0.2, 0.25) is 0 Å². The van der Waals surface area contributed by atoms with Crippen LogP contribution in [0, 0.1) is 6.92 Å². The molecule has 3 atom stereocenters. The fourth-order valence-electron chi connectivity index (χ4n) is 4.27. The van der Waals surface area contributed by atoms with Gasteiger partial charge in [-0.3, -0.25) is 14.5 Å². The number of para-hydroxylation sites is 1. The summed E-state index contributed by atoms with van der Waals surface area (Å²) in [5, 5.41) is 10.9. The Balaban J connectivity index is 1.52. The first-order chi connectivity index (χ1) is 13.4. The Morgan fingerprint density at radius 1 is 1.18 bits per heavy atom. The Kier molecular flexibility index (Phi) is 6.57. The van der Waals surface area contributed by atoms with Crippen LogP contribution in [0.5, 0.6) is 5.75 Å². The molecular weight excluding hydrogens is 358 g/mol. The van der Waals surface area contributed by atoms with Crippen LogP contribution in [0.25, 0.3) is 0 Å². The molecular formula is C21H31N3O4. The normalized spacial score (nSPS) is 25.6. The monoisotopic (exact) mass is 389 g/mol. The average molecular weight is 389 g/mol. The Morgan fingerprint density at radius 3 is 2.50 bits per heavy atom. The van der Waals surface area contributed by atoms with Crippen molar-refractivity contribution < 1.29 is 19.4 Å². The third-order valence-corrected chi connectivity index (χ3v) is 6.11. The third-order valence-electron chi connectivity index (χ3n) is 6.11. The maximum Gasteiger partial charge on any atom is 0.260 e. The van der Waals surface area contributed by atoms with Gasteiger partial charge in [-0.15, -0.1) is 0 Å². The molecule has 154 valence electrons. The van der Waals surface area contributed by atoms with E-state index in [0.717, 1.165) is 31.5 Å². The number of ether oxygens (including phenoxy) is 1. The minimum absolute atomic E-state index is 0.0339. The molecule has 0 radical (unpaired) electrons. The van der Waals surface area contributed by atoms with Gasteiger partial charge in [0.05, 0.1) is 12.1 Å². The van der Waals surface area contributed by atoms with Crippen molar-refractivity contribution in [3.05, 3.63) is 29.8 Å². The van der Waals surface area contributed by atoms with Gasteiger partial charge in [-0.2, -0.15) is 0 Å². The second-order valence-electron chi connectivity index (χ2n) is 7.80. The predicted molar refractivity (Wildman–Crippen MR) is 106 cm³/mol. The second kappa shape index (κ2) is 8.92. The van der Waals surface area contributed by atoms with Crippen molar-refractivity contribution in [1.29, 1.82) is 0 Å². The van der Waals surface area contributed by atoms with E-state index in [-0.39, 0.29) is 30.5 Å². The summed E-state index contributed by atoms with van der Waals surface area (Å²) >= 11 is 0. The van der Waals surface area contributed by atoms with E-state index >= 15 is 0 Å². The van der Waals surface area contributed by atoms with Gasteiger partial charge in [-0.05, 0) is 31.4 Å². The van der Waals surface area contributed by atoms with Crippen LogP contribution in [0.1, 0.15) is 25.3 Å². The van der Waals surface area contributed by atoms with Crippen molar-refractivity contribution in [2.24, 2.45) is 0 Å². The van der Waals surface area contributed by atoms with Crippen molar-refractivity contribution >= 4 is 11.8 Å². The summed E-state index contributed by atoms with van der Waals surface area (Å²) in [5.41, 5.74) is 0.989. The second-order valence-corrected chi connectivity index (χ2v) is 7.80. The van der Waals surface area contributed by atoms with Crippen LogP contribution < -0.4 is 4.74 Å². The van der Waals surface area contributed by atoms with E-state index in [9.17, 15) is 14.7 Å². The number of piperazine rings is 1. The number of aliphatic hydroxyl groups is 1. The lowest BCUT2D eigenvalue weighted by Gasteiger charge is -2.39. The van der Waals surface area contributed by atoms with E-state index in [0.29, 0.717) is 18.8 Å². The van der Waals surface area contributed by atoms with Crippen LogP contribution in [0.15, 0.2) is 24.3 Å². The third kappa shape index (κ3) is 4.47. The first-order valence-corrected chi connectivity index (χ1v) is 10.00. The van der Waals surface area contributed by atoms with Crippen molar-refractivity contribution in [3.8, 4) is 5.75 Å². The molecule has 2 aliphatic rings. The van der Waals surface area contributed by atoms with Gasteiger partial charge in [-0.25, -0.2) is 0 Å². The van der Waals surface area contributed by atoms with E-state index in [2.05, 4.69) is 4.90 Å². The molecule has 0 bridgehead atoms. The Labute approximate surface area is 166 Å². The number of carbonyl (C=O) groups is 2. The molecule has 0 unspecified atom stereocenters. The van der Waals surface area contributed by atoms with E-state index < -0.39 is 6.10 Å². The molecule has 1 heterocycles. The number of hydrogen-bond acceptors (Lipinski definition) is 5. The maximum absolute atomic E-state index is 12.6. The molecule has 1 aromatic carbocycles. The molecule has 7 nitrogen and oxygen atoms in total. The Morgan fingerprint density at radius 2 is 1.86 bits per heavy atom. The number of carbonyl (C=O) groups excluding carboxylic acids is 2. The fourth-order valence-corrected chi connectivity index (χ4v) is 4.27. The van der Waals surface area contributed by atoms with Crippen molar-refractivity contribution in [2.45, 2.75) is 44.9 Å². The predicted octanol–water partition coefficient (Wildman–Crippen LogP) is 0.888. The van der Waals surface area contributed by atoms with Gasteiger partial charge in [0.15, 0.2) is 6.61 Å². The van der Waals surface area contributed by atoms with E-state index in [1.54, 1.807) is 18.9 Å². The number of hydrogen-bond donors (Lipinski definition) is 1. The molecule has 3 rings (SSSR count). The molecule has 7 heteroatoms. The molecule has 1 N–H and O–H groups in total. The van der Waals surface area contributed by atoms with Gasteiger partial charge in [0.2, 0.25) is 5.91 Å². The summed E-state index contributed by atoms with van der Waals surface area (Å²) in [6, 6.07) is 7.44. The maximum atomic E-state index is 12.6. The first-order valence-electron chi connectivity index (χ1n) is 10.00. The van der Waals surface area contributed by atoms with Crippen LogP contribution in [-0.2, 0) is 9.59 Å². The Hall–Kier alpha value is -2.12. The number of aliphatic hydroxyl groups excluding tert-OH is 1. The zero-order valence-corrected chi connectivity index (χ0v) is 17.0. The number of benzene rings is 1. The molecule has 0 spiro atoms. The quantitative estimate of drug-likeness (QED) is 0.810. The van der Waals surface area contributed by atoms with Crippen molar-refractivity contribution in [3.63, 3.8) is 0 Å². The van der Waals surface area contributed by atoms with Gasteiger partial charge < -0.3 is 19.6 Å². The highest BCUT2D eigenvalue weighted by Crippen LogP contribution is 2.29. The molecule has 1 aliphatic heterocycles.